The summed E-state index contributed by atoms with van der Waals surface area (Å²) in [6, 6.07) is 7.45. The topological polar surface area (TPSA) is 62.3 Å². The fourth-order valence-electron chi connectivity index (χ4n) is 2.71. The van der Waals surface area contributed by atoms with E-state index in [0.717, 1.165) is 10.9 Å². The third kappa shape index (κ3) is 2.66. The number of hydrogen-bond acceptors (Lipinski definition) is 4. The molecule has 6 heteroatoms. The summed E-state index contributed by atoms with van der Waals surface area (Å²) in [4.78, 5) is 4.64. The van der Waals surface area contributed by atoms with Gasteiger partial charge < -0.3 is 5.32 Å². The van der Waals surface area contributed by atoms with Crippen LogP contribution in [0.4, 0.5) is 0 Å². The zero-order chi connectivity index (χ0) is 15.0. The van der Waals surface area contributed by atoms with Crippen LogP contribution in [0.2, 0.25) is 0 Å². The molecular formula is C15H19N3O2S. The fraction of sp³-hybridized carbons (Fsp3) is 0.400. The van der Waals surface area contributed by atoms with Crippen molar-refractivity contribution < 1.29 is 8.42 Å². The molecule has 1 N–H and O–H groups in total. The monoisotopic (exact) mass is 305 g/mol. The second-order valence-corrected chi connectivity index (χ2v) is 7.47. The standard InChI is InChI=1S/C15H19N3O2S/c1-11-8-13-4-3-5-14(15(13)17-9-11)21(19,20)18-7-6-16-12(2)10-18/h3-5,8-9,12,16H,6-7,10H2,1-2H3/t12-/m0/s1. The van der Waals surface area contributed by atoms with Crippen molar-refractivity contribution in [2.75, 3.05) is 19.6 Å². The highest BCUT2D eigenvalue weighted by Crippen LogP contribution is 2.25. The Morgan fingerprint density at radius 3 is 2.95 bits per heavy atom. The molecule has 0 bridgehead atoms. The van der Waals surface area contributed by atoms with Crippen molar-refractivity contribution >= 4 is 20.9 Å². The van der Waals surface area contributed by atoms with Crippen LogP contribution < -0.4 is 5.32 Å². The average Bonchev–Trinajstić information content (AvgIpc) is 2.46. The van der Waals surface area contributed by atoms with Crippen molar-refractivity contribution in [3.05, 3.63) is 36.0 Å². The summed E-state index contributed by atoms with van der Waals surface area (Å²) in [6.45, 7) is 5.61. The molecule has 0 aliphatic carbocycles. The van der Waals surface area contributed by atoms with Crippen LogP contribution in [0.15, 0.2) is 35.4 Å². The first-order valence-electron chi connectivity index (χ1n) is 7.07. The van der Waals surface area contributed by atoms with Gasteiger partial charge in [-0.25, -0.2) is 8.42 Å². The van der Waals surface area contributed by atoms with E-state index in [0.29, 0.717) is 30.0 Å². The second kappa shape index (κ2) is 5.36. The predicted molar refractivity (Wildman–Crippen MR) is 82.7 cm³/mol. The fourth-order valence-corrected chi connectivity index (χ4v) is 4.40. The Morgan fingerprint density at radius 1 is 1.38 bits per heavy atom. The molecule has 0 spiro atoms. The highest BCUT2D eigenvalue weighted by Gasteiger charge is 2.30. The van der Waals surface area contributed by atoms with E-state index >= 15 is 0 Å². The Labute approximate surface area is 125 Å². The van der Waals surface area contributed by atoms with Crippen LogP contribution in [0.5, 0.6) is 0 Å². The van der Waals surface area contributed by atoms with E-state index < -0.39 is 10.0 Å². The van der Waals surface area contributed by atoms with Crippen LogP contribution in [0.25, 0.3) is 10.9 Å². The van der Waals surface area contributed by atoms with Gasteiger partial charge >= 0.3 is 0 Å². The summed E-state index contributed by atoms with van der Waals surface area (Å²) in [5, 5.41) is 4.12. The van der Waals surface area contributed by atoms with E-state index in [4.69, 9.17) is 0 Å². The minimum absolute atomic E-state index is 0.165. The number of benzene rings is 1. The lowest BCUT2D eigenvalue weighted by atomic mass is 10.2. The van der Waals surface area contributed by atoms with Crippen LogP contribution in [-0.2, 0) is 10.0 Å². The summed E-state index contributed by atoms with van der Waals surface area (Å²) in [6.07, 6.45) is 1.71. The van der Waals surface area contributed by atoms with Crippen molar-refractivity contribution in [2.24, 2.45) is 0 Å². The summed E-state index contributed by atoms with van der Waals surface area (Å²) in [5.74, 6) is 0. The average molecular weight is 305 g/mol. The Bertz CT molecular complexity index is 774. The molecule has 21 heavy (non-hydrogen) atoms. The number of nitrogens with zero attached hydrogens (tertiary/aromatic N) is 2. The van der Waals surface area contributed by atoms with Crippen molar-refractivity contribution in [3.8, 4) is 0 Å². The Kier molecular flexibility index (Phi) is 3.69. The number of rotatable bonds is 2. The maximum absolute atomic E-state index is 12.9. The molecule has 0 unspecified atom stereocenters. The van der Waals surface area contributed by atoms with Gasteiger partial charge in [0, 0.05) is 37.3 Å². The molecule has 5 nitrogen and oxygen atoms in total. The first kappa shape index (κ1) is 14.4. The van der Waals surface area contributed by atoms with Gasteiger partial charge in [0.2, 0.25) is 10.0 Å². The number of nitrogens with one attached hydrogen (secondary N) is 1. The molecule has 0 amide bonds. The molecule has 3 rings (SSSR count). The third-order valence-electron chi connectivity index (χ3n) is 3.76. The largest absolute Gasteiger partial charge is 0.312 e. The van der Waals surface area contributed by atoms with Crippen molar-refractivity contribution in [2.45, 2.75) is 24.8 Å². The van der Waals surface area contributed by atoms with Crippen LogP contribution in [-0.4, -0.2) is 43.4 Å². The molecule has 2 aromatic rings. The lowest BCUT2D eigenvalue weighted by molar-refractivity contribution is 0.310. The SMILES string of the molecule is Cc1cnc2c(S(=O)(=O)N3CCN[C@@H](C)C3)cccc2c1. The number of aromatic nitrogens is 1. The molecule has 1 aromatic heterocycles. The summed E-state index contributed by atoms with van der Waals surface area (Å²) in [5.41, 5.74) is 1.57. The molecule has 1 atom stereocenters. The summed E-state index contributed by atoms with van der Waals surface area (Å²) in [7, 11) is -3.50. The number of pyridine rings is 1. The first-order valence-corrected chi connectivity index (χ1v) is 8.51. The lowest BCUT2D eigenvalue weighted by Gasteiger charge is -2.31. The number of aryl methyl sites for hydroxylation is 1. The van der Waals surface area contributed by atoms with Gasteiger partial charge in [-0.2, -0.15) is 4.31 Å². The highest BCUT2D eigenvalue weighted by molar-refractivity contribution is 7.89. The van der Waals surface area contributed by atoms with E-state index in [-0.39, 0.29) is 6.04 Å². The minimum Gasteiger partial charge on any atom is -0.312 e. The Hall–Kier alpha value is -1.50. The molecule has 2 heterocycles. The molecular weight excluding hydrogens is 286 g/mol. The summed E-state index contributed by atoms with van der Waals surface area (Å²) < 4.78 is 27.3. The molecule has 1 aromatic carbocycles. The Balaban J connectivity index is 2.10. The number of para-hydroxylation sites is 1. The quantitative estimate of drug-likeness (QED) is 0.914. The van der Waals surface area contributed by atoms with Gasteiger partial charge in [-0.15, -0.1) is 0 Å². The summed E-state index contributed by atoms with van der Waals surface area (Å²) >= 11 is 0. The normalized spacial score (nSPS) is 20.8. The number of fused-ring (bicyclic) bond motifs is 1. The van der Waals surface area contributed by atoms with Crippen LogP contribution in [0.3, 0.4) is 0 Å². The molecule has 1 aliphatic rings. The van der Waals surface area contributed by atoms with E-state index in [2.05, 4.69) is 10.3 Å². The first-order chi connectivity index (χ1) is 9.98. The molecule has 1 fully saturated rings. The number of piperazine rings is 1. The molecule has 1 aliphatic heterocycles. The van der Waals surface area contributed by atoms with Crippen LogP contribution in [0.1, 0.15) is 12.5 Å². The van der Waals surface area contributed by atoms with Gasteiger partial charge in [-0.3, -0.25) is 4.98 Å². The lowest BCUT2D eigenvalue weighted by Crippen LogP contribution is -2.51. The van der Waals surface area contributed by atoms with E-state index in [1.807, 2.05) is 26.0 Å². The van der Waals surface area contributed by atoms with Gasteiger partial charge in [0.15, 0.2) is 0 Å². The van der Waals surface area contributed by atoms with Crippen LogP contribution >= 0.6 is 0 Å². The van der Waals surface area contributed by atoms with Gasteiger partial charge in [0.25, 0.3) is 0 Å². The van der Waals surface area contributed by atoms with Gasteiger partial charge in [0.05, 0.1) is 5.52 Å². The zero-order valence-electron chi connectivity index (χ0n) is 12.2. The van der Waals surface area contributed by atoms with Gasteiger partial charge in [-0.05, 0) is 31.5 Å². The molecule has 112 valence electrons. The minimum atomic E-state index is -3.50. The predicted octanol–water partition coefficient (Wildman–Crippen LogP) is 1.53. The van der Waals surface area contributed by atoms with Crippen molar-refractivity contribution in [1.29, 1.82) is 0 Å². The van der Waals surface area contributed by atoms with Gasteiger partial charge in [0.1, 0.15) is 4.90 Å². The Morgan fingerprint density at radius 2 is 2.19 bits per heavy atom. The van der Waals surface area contributed by atoms with Crippen LogP contribution in [0, 0.1) is 6.92 Å². The molecule has 0 saturated carbocycles. The molecule has 1 saturated heterocycles. The number of hydrogen-bond donors (Lipinski definition) is 1. The highest BCUT2D eigenvalue weighted by atomic mass is 32.2. The maximum atomic E-state index is 12.9. The van der Waals surface area contributed by atoms with Gasteiger partial charge in [-0.1, -0.05) is 12.1 Å². The maximum Gasteiger partial charge on any atom is 0.245 e. The second-order valence-electron chi connectivity index (χ2n) is 5.56. The van der Waals surface area contributed by atoms with E-state index in [1.54, 1.807) is 22.6 Å². The smallest absolute Gasteiger partial charge is 0.245 e. The van der Waals surface area contributed by atoms with E-state index in [1.165, 1.54) is 0 Å². The third-order valence-corrected chi connectivity index (χ3v) is 5.66. The molecule has 0 radical (unpaired) electrons. The number of sulfonamides is 1. The van der Waals surface area contributed by atoms with Crippen molar-refractivity contribution in [3.63, 3.8) is 0 Å². The van der Waals surface area contributed by atoms with Crippen molar-refractivity contribution in [1.82, 2.24) is 14.6 Å². The van der Waals surface area contributed by atoms with E-state index in [9.17, 15) is 8.42 Å². The zero-order valence-corrected chi connectivity index (χ0v) is 13.0.